The smallest absolute Gasteiger partial charge is 0.185 e. The lowest BCUT2D eigenvalue weighted by Crippen LogP contribution is -2.31. The van der Waals surface area contributed by atoms with Crippen LogP contribution in [0, 0.1) is 11.3 Å². The summed E-state index contributed by atoms with van der Waals surface area (Å²) in [4.78, 5) is 8.54. The van der Waals surface area contributed by atoms with E-state index >= 15 is 0 Å². The van der Waals surface area contributed by atoms with Crippen LogP contribution in [0.1, 0.15) is 50.7 Å². The molecule has 0 saturated carbocycles. The molecule has 2 N–H and O–H groups in total. The number of aromatic nitrogens is 1. The predicted octanol–water partition coefficient (Wildman–Crippen LogP) is 3.22. The molecule has 1 atom stereocenters. The van der Waals surface area contributed by atoms with Gasteiger partial charge in [0.15, 0.2) is 5.13 Å². The molecule has 0 amide bonds. The maximum absolute atomic E-state index is 6.36. The Kier molecular flexibility index (Phi) is 5.28. The highest BCUT2D eigenvalue weighted by atomic mass is 32.1. The number of nitrogens with two attached hydrogens (primary N) is 1. The molecule has 1 aromatic rings. The van der Waals surface area contributed by atoms with E-state index in [9.17, 15) is 0 Å². The molecule has 5 heteroatoms. The van der Waals surface area contributed by atoms with Gasteiger partial charge in [0.1, 0.15) is 0 Å². The number of hydrogen-bond donors (Lipinski definition) is 1. The Hall–Kier alpha value is -0.650. The molecule has 2 rings (SSSR count). The molecule has 1 unspecified atom stereocenters. The second-order valence-electron chi connectivity index (χ2n) is 7.29. The number of anilines is 1. The first kappa shape index (κ1) is 16.7. The molecule has 0 bridgehead atoms. The first-order chi connectivity index (χ1) is 9.82. The SMILES string of the molecule is COCCN(CC(C)C)c1nc2c(s1)C(N)CC(C)(C)C2. The summed E-state index contributed by atoms with van der Waals surface area (Å²) in [5.41, 5.74) is 7.83. The van der Waals surface area contributed by atoms with Crippen LogP contribution in [-0.2, 0) is 11.2 Å². The monoisotopic (exact) mass is 311 g/mol. The standard InChI is InChI=1S/C16H29N3OS/c1-11(2)10-19(6-7-20-5)15-18-13-9-16(3,4)8-12(17)14(13)21-15/h11-12H,6-10,17H2,1-5H3. The van der Waals surface area contributed by atoms with Crippen molar-refractivity contribution in [3.05, 3.63) is 10.6 Å². The third-order valence-electron chi connectivity index (χ3n) is 3.89. The van der Waals surface area contributed by atoms with Gasteiger partial charge in [-0.05, 0) is 24.2 Å². The molecule has 0 spiro atoms. The molecule has 0 aromatic carbocycles. The number of nitrogens with zero attached hydrogens (tertiary/aromatic N) is 2. The summed E-state index contributed by atoms with van der Waals surface area (Å²) in [6, 6.07) is 0.137. The molecule has 4 nitrogen and oxygen atoms in total. The minimum absolute atomic E-state index is 0.137. The Labute approximate surface area is 132 Å². The van der Waals surface area contributed by atoms with Gasteiger partial charge in [-0.1, -0.05) is 39.0 Å². The van der Waals surface area contributed by atoms with Crippen molar-refractivity contribution >= 4 is 16.5 Å². The number of methoxy groups -OCH3 is 1. The highest BCUT2D eigenvalue weighted by Crippen LogP contribution is 2.43. The van der Waals surface area contributed by atoms with Gasteiger partial charge in [0.05, 0.1) is 12.3 Å². The van der Waals surface area contributed by atoms with Crippen molar-refractivity contribution in [1.29, 1.82) is 0 Å². The molecule has 21 heavy (non-hydrogen) atoms. The summed E-state index contributed by atoms with van der Waals surface area (Å²) in [6.07, 6.45) is 2.08. The maximum Gasteiger partial charge on any atom is 0.185 e. The average Bonchev–Trinajstić information content (AvgIpc) is 2.76. The molecular formula is C16H29N3OS. The molecule has 120 valence electrons. The minimum atomic E-state index is 0.137. The highest BCUT2D eigenvalue weighted by molar-refractivity contribution is 7.15. The zero-order valence-corrected chi connectivity index (χ0v) is 14.8. The molecule has 0 saturated heterocycles. The zero-order chi connectivity index (χ0) is 15.6. The van der Waals surface area contributed by atoms with E-state index in [0.717, 1.165) is 37.7 Å². The fraction of sp³-hybridized carbons (Fsp3) is 0.812. The largest absolute Gasteiger partial charge is 0.383 e. The Morgan fingerprint density at radius 1 is 1.48 bits per heavy atom. The fourth-order valence-corrected chi connectivity index (χ4v) is 4.14. The summed E-state index contributed by atoms with van der Waals surface area (Å²) < 4.78 is 5.24. The Morgan fingerprint density at radius 3 is 2.81 bits per heavy atom. The lowest BCUT2D eigenvalue weighted by atomic mass is 9.77. The van der Waals surface area contributed by atoms with E-state index in [1.807, 2.05) is 0 Å². The first-order valence-corrected chi connectivity index (χ1v) is 8.63. The van der Waals surface area contributed by atoms with Crippen LogP contribution in [0.3, 0.4) is 0 Å². The lowest BCUT2D eigenvalue weighted by Gasteiger charge is -2.32. The van der Waals surface area contributed by atoms with Gasteiger partial charge in [-0.2, -0.15) is 0 Å². The van der Waals surface area contributed by atoms with E-state index in [1.165, 1.54) is 10.6 Å². The molecule has 1 aromatic heterocycles. The number of ether oxygens (including phenoxy) is 1. The molecule has 0 fully saturated rings. The van der Waals surface area contributed by atoms with Crippen LogP contribution >= 0.6 is 11.3 Å². The topological polar surface area (TPSA) is 51.4 Å². The fourth-order valence-electron chi connectivity index (χ4n) is 3.02. The molecule has 0 radical (unpaired) electrons. The van der Waals surface area contributed by atoms with Crippen molar-refractivity contribution in [3.8, 4) is 0 Å². The number of hydrogen-bond acceptors (Lipinski definition) is 5. The van der Waals surface area contributed by atoms with Gasteiger partial charge in [-0.15, -0.1) is 0 Å². The van der Waals surface area contributed by atoms with Crippen LogP contribution in [0.2, 0.25) is 0 Å². The lowest BCUT2D eigenvalue weighted by molar-refractivity contribution is 0.204. The second kappa shape index (κ2) is 6.63. The quantitative estimate of drug-likeness (QED) is 0.876. The minimum Gasteiger partial charge on any atom is -0.383 e. The first-order valence-electron chi connectivity index (χ1n) is 7.81. The van der Waals surface area contributed by atoms with Crippen LogP contribution < -0.4 is 10.6 Å². The van der Waals surface area contributed by atoms with Crippen molar-refractivity contribution in [2.24, 2.45) is 17.1 Å². The third kappa shape index (κ3) is 4.18. The van der Waals surface area contributed by atoms with Crippen molar-refractivity contribution < 1.29 is 4.74 Å². The van der Waals surface area contributed by atoms with Crippen LogP contribution in [0.15, 0.2) is 0 Å². The Morgan fingerprint density at radius 2 is 2.19 bits per heavy atom. The van der Waals surface area contributed by atoms with Gasteiger partial charge in [0.2, 0.25) is 0 Å². The second-order valence-corrected chi connectivity index (χ2v) is 8.30. The van der Waals surface area contributed by atoms with Gasteiger partial charge in [0.25, 0.3) is 0 Å². The van der Waals surface area contributed by atoms with Gasteiger partial charge in [-0.25, -0.2) is 4.98 Å². The highest BCUT2D eigenvalue weighted by Gasteiger charge is 2.33. The van der Waals surface area contributed by atoms with Gasteiger partial charge >= 0.3 is 0 Å². The molecule has 1 heterocycles. The van der Waals surface area contributed by atoms with E-state index in [4.69, 9.17) is 15.5 Å². The van der Waals surface area contributed by atoms with E-state index < -0.39 is 0 Å². The summed E-state index contributed by atoms with van der Waals surface area (Å²) in [5.74, 6) is 0.605. The summed E-state index contributed by atoms with van der Waals surface area (Å²) in [5, 5.41) is 1.11. The number of rotatable bonds is 6. The predicted molar refractivity (Wildman–Crippen MR) is 90.1 cm³/mol. The summed E-state index contributed by atoms with van der Waals surface area (Å²) in [6.45, 7) is 11.7. The maximum atomic E-state index is 6.36. The van der Waals surface area contributed by atoms with Crippen LogP contribution in [-0.4, -0.2) is 31.8 Å². The van der Waals surface area contributed by atoms with Gasteiger partial charge in [-0.3, -0.25) is 0 Å². The van der Waals surface area contributed by atoms with E-state index in [2.05, 4.69) is 32.6 Å². The summed E-state index contributed by atoms with van der Waals surface area (Å²) in [7, 11) is 1.75. The molecule has 1 aliphatic carbocycles. The van der Waals surface area contributed by atoms with Crippen LogP contribution in [0.4, 0.5) is 5.13 Å². The van der Waals surface area contributed by atoms with Gasteiger partial charge < -0.3 is 15.4 Å². The molecule has 0 aliphatic heterocycles. The van der Waals surface area contributed by atoms with Crippen molar-refractivity contribution in [2.75, 3.05) is 31.7 Å². The zero-order valence-electron chi connectivity index (χ0n) is 14.0. The molecule has 1 aliphatic rings. The number of fused-ring (bicyclic) bond motifs is 1. The van der Waals surface area contributed by atoms with E-state index in [1.54, 1.807) is 18.4 Å². The van der Waals surface area contributed by atoms with Crippen molar-refractivity contribution in [2.45, 2.75) is 46.6 Å². The summed E-state index contributed by atoms with van der Waals surface area (Å²) >= 11 is 1.78. The number of thiazole rings is 1. The van der Waals surface area contributed by atoms with Crippen molar-refractivity contribution in [3.63, 3.8) is 0 Å². The normalized spacial score (nSPS) is 20.6. The van der Waals surface area contributed by atoms with E-state index in [-0.39, 0.29) is 11.5 Å². The average molecular weight is 311 g/mol. The third-order valence-corrected chi connectivity index (χ3v) is 5.18. The van der Waals surface area contributed by atoms with Crippen LogP contribution in [0.5, 0.6) is 0 Å². The van der Waals surface area contributed by atoms with Crippen molar-refractivity contribution in [1.82, 2.24) is 4.98 Å². The molecular weight excluding hydrogens is 282 g/mol. The Bertz CT molecular complexity index is 470. The van der Waals surface area contributed by atoms with Crippen LogP contribution in [0.25, 0.3) is 0 Å². The van der Waals surface area contributed by atoms with Gasteiger partial charge in [0, 0.05) is 31.1 Å². The van der Waals surface area contributed by atoms with E-state index in [0.29, 0.717) is 5.92 Å². The Balaban J connectivity index is 2.23.